The molecule has 1 aromatic carbocycles. The quantitative estimate of drug-likeness (QED) is 0.877. The number of rotatable bonds is 6. The van der Waals surface area contributed by atoms with Crippen LogP contribution in [0.1, 0.15) is 18.5 Å². The highest BCUT2D eigenvalue weighted by Crippen LogP contribution is 2.21. The standard InChI is InChI=1S/C15H18N2O3S2/c1-3-17(2)14(12-8-5-4-6-9-12)15(18)16-22(19,20)13-10-7-11-21-13/h4-11,14H,3H2,1-2H3,(H,16,18)/t14-/m1/s1. The maximum atomic E-state index is 12.5. The number of amides is 1. The summed E-state index contributed by atoms with van der Waals surface area (Å²) in [6.07, 6.45) is 0. The first-order valence-electron chi connectivity index (χ1n) is 6.81. The summed E-state index contributed by atoms with van der Waals surface area (Å²) >= 11 is 1.08. The van der Waals surface area contributed by atoms with E-state index in [2.05, 4.69) is 4.72 Å². The lowest BCUT2D eigenvalue weighted by atomic mass is 10.1. The van der Waals surface area contributed by atoms with Crippen LogP contribution in [0, 0.1) is 0 Å². The van der Waals surface area contributed by atoms with Crippen molar-refractivity contribution in [1.29, 1.82) is 0 Å². The Morgan fingerprint density at radius 3 is 2.45 bits per heavy atom. The second-order valence-corrected chi connectivity index (χ2v) is 7.65. The van der Waals surface area contributed by atoms with Gasteiger partial charge in [-0.2, -0.15) is 0 Å². The number of hydrogen-bond donors (Lipinski definition) is 1. The number of sulfonamides is 1. The largest absolute Gasteiger partial charge is 0.292 e. The summed E-state index contributed by atoms with van der Waals surface area (Å²) in [6.45, 7) is 2.53. The molecule has 1 N–H and O–H groups in total. The lowest BCUT2D eigenvalue weighted by Crippen LogP contribution is -2.41. The zero-order chi connectivity index (χ0) is 16.2. The third-order valence-corrected chi connectivity index (χ3v) is 6.04. The molecule has 0 fully saturated rings. The molecule has 0 aliphatic rings. The van der Waals surface area contributed by atoms with Gasteiger partial charge in [-0.05, 0) is 30.6 Å². The van der Waals surface area contributed by atoms with E-state index in [4.69, 9.17) is 0 Å². The van der Waals surface area contributed by atoms with Gasteiger partial charge in [0.25, 0.3) is 15.9 Å². The number of nitrogens with zero attached hydrogens (tertiary/aromatic N) is 1. The van der Waals surface area contributed by atoms with Crippen molar-refractivity contribution < 1.29 is 13.2 Å². The third-order valence-electron chi connectivity index (χ3n) is 3.30. The van der Waals surface area contributed by atoms with Crippen molar-refractivity contribution >= 4 is 27.3 Å². The van der Waals surface area contributed by atoms with Crippen LogP contribution in [0.25, 0.3) is 0 Å². The smallest absolute Gasteiger partial charge is 0.273 e. The van der Waals surface area contributed by atoms with Crippen LogP contribution in [-0.4, -0.2) is 32.8 Å². The van der Waals surface area contributed by atoms with E-state index in [1.54, 1.807) is 23.4 Å². The van der Waals surface area contributed by atoms with Gasteiger partial charge in [-0.1, -0.05) is 43.3 Å². The number of benzene rings is 1. The average molecular weight is 338 g/mol. The Morgan fingerprint density at radius 2 is 1.91 bits per heavy atom. The molecule has 5 nitrogen and oxygen atoms in total. The van der Waals surface area contributed by atoms with Gasteiger partial charge in [-0.15, -0.1) is 11.3 Å². The summed E-state index contributed by atoms with van der Waals surface area (Å²) in [5.74, 6) is -0.552. The minimum atomic E-state index is -3.82. The molecular formula is C15H18N2O3S2. The molecule has 1 amide bonds. The Bertz CT molecular complexity index is 713. The summed E-state index contributed by atoms with van der Waals surface area (Å²) in [5.41, 5.74) is 0.755. The fraction of sp³-hybridized carbons (Fsp3) is 0.267. The SMILES string of the molecule is CCN(C)[C@@H](C(=O)NS(=O)(=O)c1cccs1)c1ccccc1. The molecule has 1 atom stereocenters. The van der Waals surface area contributed by atoms with E-state index in [1.165, 1.54) is 6.07 Å². The normalized spacial score (nSPS) is 13.0. The molecule has 0 bridgehead atoms. The molecule has 2 rings (SSSR count). The average Bonchev–Trinajstić information content (AvgIpc) is 3.03. The number of carbonyl (C=O) groups excluding carboxylic acids is 1. The van der Waals surface area contributed by atoms with Gasteiger partial charge in [0.1, 0.15) is 10.3 Å². The van der Waals surface area contributed by atoms with Crippen molar-refractivity contribution in [2.75, 3.05) is 13.6 Å². The van der Waals surface area contributed by atoms with E-state index in [1.807, 2.05) is 37.3 Å². The van der Waals surface area contributed by atoms with Gasteiger partial charge in [0.05, 0.1) is 0 Å². The Labute approximate surface area is 134 Å². The second kappa shape index (κ2) is 7.04. The molecule has 0 spiro atoms. The molecule has 1 heterocycles. The van der Waals surface area contributed by atoms with E-state index < -0.39 is 22.0 Å². The third kappa shape index (κ3) is 3.73. The van der Waals surface area contributed by atoms with Gasteiger partial charge in [0.2, 0.25) is 0 Å². The minimum Gasteiger partial charge on any atom is -0.292 e. The van der Waals surface area contributed by atoms with Crippen LogP contribution >= 0.6 is 11.3 Å². The fourth-order valence-corrected chi connectivity index (χ4v) is 4.06. The Morgan fingerprint density at radius 1 is 1.23 bits per heavy atom. The molecule has 2 aromatic rings. The number of hydrogen-bond acceptors (Lipinski definition) is 5. The van der Waals surface area contributed by atoms with E-state index in [0.717, 1.165) is 16.9 Å². The summed E-state index contributed by atoms with van der Waals surface area (Å²) in [4.78, 5) is 14.3. The van der Waals surface area contributed by atoms with E-state index >= 15 is 0 Å². The molecule has 1 aromatic heterocycles. The molecule has 0 saturated carbocycles. The highest BCUT2D eigenvalue weighted by atomic mass is 32.2. The zero-order valence-corrected chi connectivity index (χ0v) is 14.0. The van der Waals surface area contributed by atoms with Crippen LogP contribution in [0.2, 0.25) is 0 Å². The van der Waals surface area contributed by atoms with E-state index in [0.29, 0.717) is 6.54 Å². The van der Waals surface area contributed by atoms with Gasteiger partial charge < -0.3 is 0 Å². The molecule has 22 heavy (non-hydrogen) atoms. The fourth-order valence-electron chi connectivity index (χ4n) is 2.08. The number of carbonyl (C=O) groups is 1. The molecule has 7 heteroatoms. The lowest BCUT2D eigenvalue weighted by Gasteiger charge is -2.26. The van der Waals surface area contributed by atoms with Crippen molar-refractivity contribution in [2.24, 2.45) is 0 Å². The van der Waals surface area contributed by atoms with Gasteiger partial charge >= 0.3 is 0 Å². The van der Waals surface area contributed by atoms with Gasteiger partial charge in [0, 0.05) is 0 Å². The predicted octanol–water partition coefficient (Wildman–Crippen LogP) is 2.25. The van der Waals surface area contributed by atoms with Gasteiger partial charge in [0.15, 0.2) is 0 Å². The lowest BCUT2D eigenvalue weighted by molar-refractivity contribution is -0.124. The summed E-state index contributed by atoms with van der Waals surface area (Å²) < 4.78 is 26.7. The van der Waals surface area contributed by atoms with E-state index in [9.17, 15) is 13.2 Å². The predicted molar refractivity (Wildman–Crippen MR) is 87.1 cm³/mol. The van der Waals surface area contributed by atoms with Gasteiger partial charge in [-0.3, -0.25) is 9.69 Å². The minimum absolute atomic E-state index is 0.131. The molecule has 0 radical (unpaired) electrons. The molecule has 0 aliphatic carbocycles. The highest BCUT2D eigenvalue weighted by Gasteiger charge is 2.28. The molecule has 118 valence electrons. The number of thiophene rings is 1. The summed E-state index contributed by atoms with van der Waals surface area (Å²) in [6, 6.07) is 11.6. The molecule has 0 saturated heterocycles. The Hall–Kier alpha value is -1.70. The maximum absolute atomic E-state index is 12.5. The van der Waals surface area contributed by atoms with Crippen molar-refractivity contribution in [1.82, 2.24) is 9.62 Å². The highest BCUT2D eigenvalue weighted by molar-refractivity contribution is 7.92. The summed E-state index contributed by atoms with van der Waals surface area (Å²) in [5, 5.41) is 1.66. The maximum Gasteiger partial charge on any atom is 0.273 e. The van der Waals surface area contributed by atoms with Crippen LogP contribution in [0.15, 0.2) is 52.1 Å². The molecule has 0 aliphatic heterocycles. The van der Waals surface area contributed by atoms with Crippen molar-refractivity contribution in [3.63, 3.8) is 0 Å². The second-order valence-electron chi connectivity index (χ2n) is 4.79. The van der Waals surface area contributed by atoms with Crippen LogP contribution in [0.5, 0.6) is 0 Å². The van der Waals surface area contributed by atoms with Crippen molar-refractivity contribution in [2.45, 2.75) is 17.2 Å². The monoisotopic (exact) mass is 338 g/mol. The van der Waals surface area contributed by atoms with Crippen LogP contribution in [0.3, 0.4) is 0 Å². The Kier molecular flexibility index (Phi) is 5.33. The number of nitrogens with one attached hydrogen (secondary N) is 1. The van der Waals surface area contributed by atoms with E-state index in [-0.39, 0.29) is 4.21 Å². The topological polar surface area (TPSA) is 66.5 Å². The first kappa shape index (κ1) is 16.7. The Balaban J connectivity index is 2.27. The zero-order valence-electron chi connectivity index (χ0n) is 12.4. The first-order valence-corrected chi connectivity index (χ1v) is 9.17. The number of likely N-dealkylation sites (N-methyl/N-ethyl adjacent to an activating group) is 1. The summed E-state index contributed by atoms with van der Waals surface area (Å²) in [7, 11) is -2.03. The van der Waals surface area contributed by atoms with Crippen molar-refractivity contribution in [3.8, 4) is 0 Å². The molecule has 0 unspecified atom stereocenters. The first-order chi connectivity index (χ1) is 10.5. The van der Waals surface area contributed by atoms with Crippen molar-refractivity contribution in [3.05, 3.63) is 53.4 Å². The molecular weight excluding hydrogens is 320 g/mol. The van der Waals surface area contributed by atoms with Crippen LogP contribution < -0.4 is 4.72 Å². The van der Waals surface area contributed by atoms with Gasteiger partial charge in [-0.25, -0.2) is 13.1 Å². The van der Waals surface area contributed by atoms with Crippen LogP contribution in [-0.2, 0) is 14.8 Å². The van der Waals surface area contributed by atoms with Crippen LogP contribution in [0.4, 0.5) is 0 Å².